The molecule has 0 bridgehead atoms. The van der Waals surface area contributed by atoms with Gasteiger partial charge >= 0.3 is 6.09 Å². The van der Waals surface area contributed by atoms with Crippen LogP contribution in [0.25, 0.3) is 0 Å². The number of phenols is 1. The van der Waals surface area contributed by atoms with Crippen molar-refractivity contribution in [2.45, 2.75) is 19.3 Å². The highest BCUT2D eigenvalue weighted by molar-refractivity contribution is 5.97. The summed E-state index contributed by atoms with van der Waals surface area (Å²) in [7, 11) is 3.99. The van der Waals surface area contributed by atoms with Crippen molar-refractivity contribution in [3.63, 3.8) is 0 Å². The minimum absolute atomic E-state index is 0.0544. The lowest BCUT2D eigenvalue weighted by atomic mass is 9.97. The summed E-state index contributed by atoms with van der Waals surface area (Å²) in [5, 5.41) is 10.2. The molecule has 1 heterocycles. The third-order valence-electron chi connectivity index (χ3n) is 4.25. The first kappa shape index (κ1) is 18.1. The van der Waals surface area contributed by atoms with E-state index in [4.69, 9.17) is 10.5 Å². The summed E-state index contributed by atoms with van der Waals surface area (Å²) in [6, 6.07) is 5.22. The molecule has 1 aliphatic heterocycles. The van der Waals surface area contributed by atoms with Crippen LogP contribution in [0.3, 0.4) is 0 Å². The Morgan fingerprint density at radius 2 is 2.17 bits per heavy atom. The van der Waals surface area contributed by atoms with Crippen LogP contribution >= 0.6 is 0 Å². The van der Waals surface area contributed by atoms with Gasteiger partial charge in [-0.2, -0.15) is 0 Å². The lowest BCUT2D eigenvalue weighted by Gasteiger charge is -2.22. The first-order chi connectivity index (χ1) is 11.3. The third kappa shape index (κ3) is 3.97. The van der Waals surface area contributed by atoms with Gasteiger partial charge in [0.2, 0.25) is 5.91 Å². The molecule has 132 valence electrons. The highest BCUT2D eigenvalue weighted by atomic mass is 16.5. The largest absolute Gasteiger partial charge is 0.508 e. The van der Waals surface area contributed by atoms with E-state index in [1.807, 2.05) is 20.2 Å². The van der Waals surface area contributed by atoms with E-state index in [1.165, 1.54) is 0 Å². The summed E-state index contributed by atoms with van der Waals surface area (Å²) in [5.41, 5.74) is 6.50. The lowest BCUT2D eigenvalue weighted by molar-refractivity contribution is -0.122. The van der Waals surface area contributed by atoms with E-state index in [0.29, 0.717) is 6.54 Å². The standard InChI is InChI=1S/C17H25N3O4/c1-11(10-24-17(18)23)16(22)20-9-12(7-8-19(2)3)15-13(20)5-4-6-14(15)21/h4-6,11-12,21H,7-10H2,1-3H3,(H2,18,23)/t11-,12?/m1/s1. The number of carbonyl (C=O) groups excluding carboxylic acids is 2. The fourth-order valence-electron chi connectivity index (χ4n) is 3.01. The van der Waals surface area contributed by atoms with Gasteiger partial charge in [0.05, 0.1) is 11.6 Å². The summed E-state index contributed by atoms with van der Waals surface area (Å²) in [6.07, 6.45) is -0.0500. The number of nitrogens with zero attached hydrogens (tertiary/aromatic N) is 2. The number of hydrogen-bond donors (Lipinski definition) is 2. The SMILES string of the molecule is C[C@H](COC(N)=O)C(=O)N1CC(CCN(C)C)c2c(O)cccc21. The summed E-state index contributed by atoms with van der Waals surface area (Å²) >= 11 is 0. The van der Waals surface area contributed by atoms with Crippen LogP contribution in [0.4, 0.5) is 10.5 Å². The maximum atomic E-state index is 12.7. The number of amides is 2. The van der Waals surface area contributed by atoms with Gasteiger partial charge in [0.25, 0.3) is 0 Å². The molecule has 24 heavy (non-hydrogen) atoms. The average Bonchev–Trinajstić information content (AvgIpc) is 2.90. The number of primary amides is 1. The fourth-order valence-corrected chi connectivity index (χ4v) is 3.01. The molecule has 1 aromatic rings. The van der Waals surface area contributed by atoms with Gasteiger partial charge in [-0.25, -0.2) is 4.79 Å². The van der Waals surface area contributed by atoms with E-state index in [1.54, 1.807) is 24.0 Å². The second-order valence-electron chi connectivity index (χ2n) is 6.48. The maximum absolute atomic E-state index is 12.7. The quantitative estimate of drug-likeness (QED) is 0.821. The van der Waals surface area contributed by atoms with Crippen LogP contribution in [0, 0.1) is 5.92 Å². The molecule has 2 amide bonds. The Kier molecular flexibility index (Phi) is 5.66. The number of nitrogens with two attached hydrogens (primary N) is 1. The molecular weight excluding hydrogens is 310 g/mol. The Morgan fingerprint density at radius 1 is 1.46 bits per heavy atom. The number of anilines is 1. The van der Waals surface area contributed by atoms with Crippen LogP contribution in [-0.4, -0.2) is 55.8 Å². The molecule has 0 aromatic heterocycles. The predicted octanol–water partition coefficient (Wildman–Crippen LogP) is 1.51. The first-order valence-electron chi connectivity index (χ1n) is 8.01. The van der Waals surface area contributed by atoms with Gasteiger partial charge in [0.15, 0.2) is 0 Å². The lowest BCUT2D eigenvalue weighted by Crippen LogP contribution is -2.37. The second-order valence-corrected chi connectivity index (χ2v) is 6.48. The number of fused-ring (bicyclic) bond motifs is 1. The molecule has 1 aliphatic rings. The molecule has 2 rings (SSSR count). The average molecular weight is 335 g/mol. The van der Waals surface area contributed by atoms with Gasteiger partial charge in [-0.15, -0.1) is 0 Å². The highest BCUT2D eigenvalue weighted by Crippen LogP contribution is 2.43. The Labute approximate surface area is 142 Å². The smallest absolute Gasteiger partial charge is 0.404 e. The molecule has 0 fully saturated rings. The van der Waals surface area contributed by atoms with E-state index < -0.39 is 12.0 Å². The normalized spacial score (nSPS) is 17.7. The van der Waals surface area contributed by atoms with E-state index in [2.05, 4.69) is 4.90 Å². The fraction of sp³-hybridized carbons (Fsp3) is 0.529. The summed E-state index contributed by atoms with van der Waals surface area (Å²) in [5.74, 6) is -0.347. The maximum Gasteiger partial charge on any atom is 0.404 e. The molecule has 0 saturated heterocycles. The molecule has 7 nitrogen and oxygen atoms in total. The molecule has 2 atom stereocenters. The molecular formula is C17H25N3O4. The van der Waals surface area contributed by atoms with E-state index >= 15 is 0 Å². The van der Waals surface area contributed by atoms with Crippen molar-refractivity contribution in [2.75, 3.05) is 38.7 Å². The highest BCUT2D eigenvalue weighted by Gasteiger charge is 2.36. The van der Waals surface area contributed by atoms with Crippen LogP contribution in [0.5, 0.6) is 5.75 Å². The summed E-state index contributed by atoms with van der Waals surface area (Å²) in [6.45, 7) is 3.02. The van der Waals surface area contributed by atoms with E-state index in [-0.39, 0.29) is 24.2 Å². The number of hydrogen-bond acceptors (Lipinski definition) is 5. The van der Waals surface area contributed by atoms with Crippen LogP contribution < -0.4 is 10.6 Å². The number of aromatic hydroxyl groups is 1. The van der Waals surface area contributed by atoms with Gasteiger partial charge in [-0.05, 0) is 39.2 Å². The number of rotatable bonds is 6. The Hall–Kier alpha value is -2.28. The summed E-state index contributed by atoms with van der Waals surface area (Å²) in [4.78, 5) is 27.2. The molecule has 3 N–H and O–H groups in total. The van der Waals surface area contributed by atoms with Gasteiger partial charge in [0.1, 0.15) is 12.4 Å². The Morgan fingerprint density at radius 3 is 2.79 bits per heavy atom. The third-order valence-corrected chi connectivity index (χ3v) is 4.25. The van der Waals surface area contributed by atoms with Crippen molar-refractivity contribution in [1.82, 2.24) is 4.90 Å². The number of phenolic OH excluding ortho intramolecular Hbond substituents is 1. The number of carbonyl (C=O) groups is 2. The van der Waals surface area contributed by atoms with Crippen LogP contribution in [0.15, 0.2) is 18.2 Å². The zero-order valence-corrected chi connectivity index (χ0v) is 14.4. The molecule has 7 heteroatoms. The minimum Gasteiger partial charge on any atom is -0.508 e. The van der Waals surface area contributed by atoms with E-state index in [9.17, 15) is 14.7 Å². The number of benzene rings is 1. The molecule has 0 saturated carbocycles. The molecule has 1 unspecified atom stereocenters. The van der Waals surface area contributed by atoms with Gasteiger partial charge in [0, 0.05) is 18.0 Å². The molecule has 0 aliphatic carbocycles. The Balaban J connectivity index is 2.19. The number of ether oxygens (including phenoxy) is 1. The predicted molar refractivity (Wildman–Crippen MR) is 91.1 cm³/mol. The van der Waals surface area contributed by atoms with Crippen molar-refractivity contribution in [3.8, 4) is 5.75 Å². The van der Waals surface area contributed by atoms with Gasteiger partial charge < -0.3 is 25.4 Å². The topological polar surface area (TPSA) is 96.1 Å². The van der Waals surface area contributed by atoms with Crippen LogP contribution in [-0.2, 0) is 9.53 Å². The zero-order valence-electron chi connectivity index (χ0n) is 14.4. The van der Waals surface area contributed by atoms with Crippen molar-refractivity contribution in [3.05, 3.63) is 23.8 Å². The van der Waals surface area contributed by atoms with Crippen molar-refractivity contribution < 1.29 is 19.4 Å². The monoisotopic (exact) mass is 335 g/mol. The first-order valence-corrected chi connectivity index (χ1v) is 8.01. The molecule has 0 spiro atoms. The second kappa shape index (κ2) is 7.53. The molecule has 1 aromatic carbocycles. The molecule has 0 radical (unpaired) electrons. The van der Waals surface area contributed by atoms with Crippen molar-refractivity contribution in [1.29, 1.82) is 0 Å². The van der Waals surface area contributed by atoms with Gasteiger partial charge in [-0.3, -0.25) is 4.79 Å². The van der Waals surface area contributed by atoms with Crippen LogP contribution in [0.2, 0.25) is 0 Å². The Bertz CT molecular complexity index is 618. The minimum atomic E-state index is -0.891. The van der Waals surface area contributed by atoms with Crippen molar-refractivity contribution >= 4 is 17.7 Å². The van der Waals surface area contributed by atoms with Crippen molar-refractivity contribution in [2.24, 2.45) is 11.7 Å². The van der Waals surface area contributed by atoms with E-state index in [0.717, 1.165) is 24.2 Å². The summed E-state index contributed by atoms with van der Waals surface area (Å²) < 4.78 is 4.74. The van der Waals surface area contributed by atoms with Gasteiger partial charge in [-0.1, -0.05) is 13.0 Å². The van der Waals surface area contributed by atoms with Crippen LogP contribution in [0.1, 0.15) is 24.8 Å². The zero-order chi connectivity index (χ0) is 17.9.